The lowest BCUT2D eigenvalue weighted by Gasteiger charge is -2.37. The van der Waals surface area contributed by atoms with Gasteiger partial charge in [0.25, 0.3) is 0 Å². The van der Waals surface area contributed by atoms with E-state index in [4.69, 9.17) is 0 Å². The second-order valence-electron chi connectivity index (χ2n) is 7.82. The van der Waals surface area contributed by atoms with Gasteiger partial charge in [0, 0.05) is 37.1 Å². The van der Waals surface area contributed by atoms with Gasteiger partial charge in [0.15, 0.2) is 0 Å². The van der Waals surface area contributed by atoms with Crippen LogP contribution in [-0.4, -0.2) is 37.4 Å². The Morgan fingerprint density at radius 2 is 2.00 bits per heavy atom. The maximum atomic E-state index is 13.5. The maximum Gasteiger partial charge on any atom is 0.141 e. The van der Waals surface area contributed by atoms with Gasteiger partial charge >= 0.3 is 0 Å². The first-order valence-corrected chi connectivity index (χ1v) is 9.95. The third kappa shape index (κ3) is 3.16. The fourth-order valence-electron chi connectivity index (χ4n) is 4.34. The molecule has 0 aliphatic carbocycles. The van der Waals surface area contributed by atoms with Crippen molar-refractivity contribution in [2.45, 2.75) is 25.9 Å². The molecule has 2 aliphatic heterocycles. The summed E-state index contributed by atoms with van der Waals surface area (Å²) in [5.74, 6) is 0.180. The summed E-state index contributed by atoms with van der Waals surface area (Å²) in [6.07, 6.45) is 9.44. The Balaban J connectivity index is 1.64. The van der Waals surface area contributed by atoms with E-state index in [2.05, 4.69) is 38.3 Å². The van der Waals surface area contributed by atoms with Crippen LogP contribution in [0.2, 0.25) is 0 Å². The summed E-state index contributed by atoms with van der Waals surface area (Å²) >= 11 is 0. The number of nitrogens with one attached hydrogen (secondary N) is 1. The number of piperidine rings is 1. The molecular formula is C22H23FN6. The van der Waals surface area contributed by atoms with Gasteiger partial charge in [0.1, 0.15) is 12.0 Å². The molecule has 3 aromatic rings. The standard InChI is InChI=1S/C22H23FN6/c1-14-4-3-9-29-21(20(27-22(14)29)18-6-5-17(23)12-25-18)15-7-8-24-19(10-15)16-11-26-28(2)13-16/h5-8,10-14,22,27H,3-4,9H2,1-2H3/t14-,22?/m0/s1. The molecule has 5 heterocycles. The molecule has 0 spiro atoms. The normalized spacial score (nSPS) is 21.3. The van der Waals surface area contributed by atoms with Crippen LogP contribution in [0.15, 0.2) is 49.1 Å². The largest absolute Gasteiger partial charge is 0.361 e. The number of aryl methyl sites for hydroxylation is 1. The van der Waals surface area contributed by atoms with Crippen LogP contribution in [0.4, 0.5) is 4.39 Å². The first kappa shape index (κ1) is 17.8. The monoisotopic (exact) mass is 390 g/mol. The molecule has 0 aromatic carbocycles. The summed E-state index contributed by atoms with van der Waals surface area (Å²) in [6.45, 7) is 3.25. The van der Waals surface area contributed by atoms with E-state index in [1.165, 1.54) is 18.7 Å². The summed E-state index contributed by atoms with van der Waals surface area (Å²) in [4.78, 5) is 11.3. The zero-order valence-electron chi connectivity index (χ0n) is 16.5. The summed E-state index contributed by atoms with van der Waals surface area (Å²) in [7, 11) is 1.90. The molecule has 1 unspecified atom stereocenters. The molecule has 148 valence electrons. The molecular weight excluding hydrogens is 367 g/mol. The first-order valence-electron chi connectivity index (χ1n) is 9.95. The van der Waals surface area contributed by atoms with Crippen LogP contribution in [-0.2, 0) is 7.05 Å². The number of aromatic nitrogens is 4. The Bertz CT molecular complexity index is 1070. The smallest absolute Gasteiger partial charge is 0.141 e. The Kier molecular flexibility index (Phi) is 4.30. The molecule has 5 rings (SSSR count). The summed E-state index contributed by atoms with van der Waals surface area (Å²) in [6, 6.07) is 7.33. The van der Waals surface area contributed by atoms with Crippen molar-refractivity contribution < 1.29 is 4.39 Å². The van der Waals surface area contributed by atoms with Crippen LogP contribution in [0.1, 0.15) is 31.0 Å². The number of hydrogen-bond acceptors (Lipinski definition) is 5. The van der Waals surface area contributed by atoms with Gasteiger partial charge in [-0.2, -0.15) is 5.10 Å². The SMILES string of the molecule is C[C@H]1CCCN2C(c3ccnc(-c4cnn(C)c4)c3)=C(c3ccc(F)cn3)NC12. The Hall–Kier alpha value is -3.22. The summed E-state index contributed by atoms with van der Waals surface area (Å²) in [5, 5.41) is 7.94. The Labute approximate surface area is 169 Å². The van der Waals surface area contributed by atoms with Gasteiger partial charge in [0.05, 0.1) is 35.2 Å². The number of hydrogen-bond donors (Lipinski definition) is 1. The van der Waals surface area contributed by atoms with Crippen LogP contribution in [0.5, 0.6) is 0 Å². The minimum atomic E-state index is -0.331. The first-order chi connectivity index (χ1) is 14.1. The third-order valence-corrected chi connectivity index (χ3v) is 5.77. The van der Waals surface area contributed by atoms with Crippen LogP contribution in [0.3, 0.4) is 0 Å². The van der Waals surface area contributed by atoms with Crippen LogP contribution >= 0.6 is 0 Å². The van der Waals surface area contributed by atoms with Crippen LogP contribution in [0, 0.1) is 11.7 Å². The van der Waals surface area contributed by atoms with E-state index in [9.17, 15) is 4.39 Å². The van der Waals surface area contributed by atoms with E-state index in [0.29, 0.717) is 5.92 Å². The van der Waals surface area contributed by atoms with Crippen molar-refractivity contribution in [1.29, 1.82) is 0 Å². The molecule has 1 saturated heterocycles. The molecule has 6 nitrogen and oxygen atoms in total. The van der Waals surface area contributed by atoms with Gasteiger partial charge in [-0.15, -0.1) is 0 Å². The van der Waals surface area contributed by atoms with Crippen molar-refractivity contribution in [2.24, 2.45) is 13.0 Å². The molecule has 2 aliphatic rings. The highest BCUT2D eigenvalue weighted by Gasteiger charge is 2.38. The van der Waals surface area contributed by atoms with E-state index in [1.807, 2.05) is 31.7 Å². The third-order valence-electron chi connectivity index (χ3n) is 5.77. The summed E-state index contributed by atoms with van der Waals surface area (Å²) < 4.78 is 15.2. The highest BCUT2D eigenvalue weighted by molar-refractivity contribution is 5.91. The van der Waals surface area contributed by atoms with E-state index in [-0.39, 0.29) is 12.0 Å². The molecule has 0 amide bonds. The molecule has 1 N–H and O–H groups in total. The van der Waals surface area contributed by atoms with Crippen LogP contribution < -0.4 is 5.32 Å². The van der Waals surface area contributed by atoms with Gasteiger partial charge in [-0.3, -0.25) is 14.6 Å². The minimum Gasteiger partial charge on any atom is -0.361 e. The zero-order chi connectivity index (χ0) is 20.0. The molecule has 0 radical (unpaired) electrons. The summed E-state index contributed by atoms with van der Waals surface area (Å²) in [5.41, 5.74) is 5.74. The molecule has 29 heavy (non-hydrogen) atoms. The zero-order valence-corrected chi connectivity index (χ0v) is 16.5. The average molecular weight is 390 g/mol. The van der Waals surface area contributed by atoms with Crippen molar-refractivity contribution in [3.05, 3.63) is 66.1 Å². The van der Waals surface area contributed by atoms with Crippen molar-refractivity contribution in [3.8, 4) is 11.3 Å². The highest BCUT2D eigenvalue weighted by atomic mass is 19.1. The predicted molar refractivity (Wildman–Crippen MR) is 109 cm³/mol. The topological polar surface area (TPSA) is 58.9 Å². The number of fused-ring (bicyclic) bond motifs is 1. The number of halogens is 1. The van der Waals surface area contributed by atoms with E-state index in [0.717, 1.165) is 46.9 Å². The molecule has 1 fully saturated rings. The van der Waals surface area contributed by atoms with Gasteiger partial charge in [-0.25, -0.2) is 4.39 Å². The van der Waals surface area contributed by atoms with Crippen molar-refractivity contribution in [3.63, 3.8) is 0 Å². The number of nitrogens with zero attached hydrogens (tertiary/aromatic N) is 5. The average Bonchev–Trinajstić information content (AvgIpc) is 3.33. The fraction of sp³-hybridized carbons (Fsp3) is 0.318. The molecule has 3 aromatic heterocycles. The van der Waals surface area contributed by atoms with Gasteiger partial charge in [-0.05, 0) is 43.0 Å². The second-order valence-corrected chi connectivity index (χ2v) is 7.82. The molecule has 0 bridgehead atoms. The molecule has 2 atom stereocenters. The van der Waals surface area contributed by atoms with Crippen molar-refractivity contribution in [2.75, 3.05) is 6.54 Å². The van der Waals surface area contributed by atoms with Gasteiger partial charge in [-0.1, -0.05) is 6.92 Å². The Morgan fingerprint density at radius 3 is 2.76 bits per heavy atom. The predicted octanol–water partition coefficient (Wildman–Crippen LogP) is 3.50. The molecule has 0 saturated carbocycles. The lowest BCUT2D eigenvalue weighted by Crippen LogP contribution is -2.45. The second kappa shape index (κ2) is 6.99. The number of pyridine rings is 2. The quantitative estimate of drug-likeness (QED) is 0.742. The fourth-order valence-corrected chi connectivity index (χ4v) is 4.34. The van der Waals surface area contributed by atoms with Crippen LogP contribution in [0.25, 0.3) is 22.7 Å². The highest BCUT2D eigenvalue weighted by Crippen LogP contribution is 2.40. The van der Waals surface area contributed by atoms with E-state index >= 15 is 0 Å². The van der Waals surface area contributed by atoms with Gasteiger partial charge in [0.2, 0.25) is 0 Å². The number of rotatable bonds is 3. The van der Waals surface area contributed by atoms with E-state index < -0.39 is 0 Å². The van der Waals surface area contributed by atoms with Crippen molar-refractivity contribution >= 4 is 11.4 Å². The van der Waals surface area contributed by atoms with E-state index in [1.54, 1.807) is 10.7 Å². The minimum absolute atomic E-state index is 0.218. The van der Waals surface area contributed by atoms with Crippen molar-refractivity contribution in [1.82, 2.24) is 30.0 Å². The maximum absolute atomic E-state index is 13.5. The van der Waals surface area contributed by atoms with Gasteiger partial charge < -0.3 is 10.2 Å². The molecule has 7 heteroatoms. The Morgan fingerprint density at radius 1 is 1.10 bits per heavy atom. The lowest BCUT2D eigenvalue weighted by molar-refractivity contribution is 0.164. The lowest BCUT2D eigenvalue weighted by atomic mass is 9.96.